The van der Waals surface area contributed by atoms with E-state index in [9.17, 15) is 17.6 Å². The third-order valence-corrected chi connectivity index (χ3v) is 4.87. The van der Waals surface area contributed by atoms with E-state index >= 15 is 0 Å². The summed E-state index contributed by atoms with van der Waals surface area (Å²) >= 11 is 2.89. The van der Waals surface area contributed by atoms with Crippen molar-refractivity contribution in [2.45, 2.75) is 24.2 Å². The van der Waals surface area contributed by atoms with Crippen molar-refractivity contribution >= 4 is 31.9 Å². The van der Waals surface area contributed by atoms with Crippen molar-refractivity contribution < 1.29 is 22.3 Å². The van der Waals surface area contributed by atoms with E-state index in [4.69, 9.17) is 9.88 Å². The first-order valence-electron chi connectivity index (χ1n) is 5.98. The second kappa shape index (κ2) is 5.79. The number of hydrogen-bond acceptors (Lipinski definition) is 4. The number of nitrogens with two attached hydrogens (primary N) is 1. The SMILES string of the molecule is NS(=O)(=O)c1cc(C(=O)OCCC2CC2)c(F)cc1Br. The van der Waals surface area contributed by atoms with E-state index in [2.05, 4.69) is 15.9 Å². The van der Waals surface area contributed by atoms with E-state index < -0.39 is 27.4 Å². The van der Waals surface area contributed by atoms with Gasteiger partial charge in [-0.3, -0.25) is 0 Å². The number of hydrogen-bond donors (Lipinski definition) is 1. The molecule has 110 valence electrons. The van der Waals surface area contributed by atoms with E-state index in [1.807, 2.05) is 0 Å². The molecule has 1 aromatic rings. The van der Waals surface area contributed by atoms with Crippen molar-refractivity contribution in [3.05, 3.63) is 28.0 Å². The van der Waals surface area contributed by atoms with Crippen molar-refractivity contribution in [1.29, 1.82) is 0 Å². The molecule has 5 nitrogen and oxygen atoms in total. The Morgan fingerprint density at radius 2 is 2.10 bits per heavy atom. The molecule has 0 bridgehead atoms. The van der Waals surface area contributed by atoms with Gasteiger partial charge in [0.2, 0.25) is 10.0 Å². The second-order valence-corrected chi connectivity index (χ2v) is 7.06. The molecule has 2 N–H and O–H groups in total. The van der Waals surface area contributed by atoms with Gasteiger partial charge >= 0.3 is 5.97 Å². The minimum Gasteiger partial charge on any atom is -0.462 e. The molecule has 1 saturated carbocycles. The highest BCUT2D eigenvalue weighted by molar-refractivity contribution is 9.10. The summed E-state index contributed by atoms with van der Waals surface area (Å²) < 4.78 is 41.3. The molecule has 1 fully saturated rings. The van der Waals surface area contributed by atoms with Crippen LogP contribution in [0.15, 0.2) is 21.5 Å². The summed E-state index contributed by atoms with van der Waals surface area (Å²) in [5.41, 5.74) is -0.437. The van der Waals surface area contributed by atoms with E-state index in [-0.39, 0.29) is 16.0 Å². The monoisotopic (exact) mass is 365 g/mol. The second-order valence-electron chi connectivity index (χ2n) is 4.68. The molecule has 1 aliphatic carbocycles. The van der Waals surface area contributed by atoms with Gasteiger partial charge in [-0.25, -0.2) is 22.7 Å². The van der Waals surface area contributed by atoms with Gasteiger partial charge in [-0.05, 0) is 40.4 Å². The topological polar surface area (TPSA) is 86.5 Å². The van der Waals surface area contributed by atoms with Gasteiger partial charge in [-0.1, -0.05) is 12.8 Å². The average Bonchev–Trinajstić information content (AvgIpc) is 3.11. The molecule has 0 atom stereocenters. The summed E-state index contributed by atoms with van der Waals surface area (Å²) in [4.78, 5) is 11.4. The van der Waals surface area contributed by atoms with Crippen LogP contribution in [0.25, 0.3) is 0 Å². The lowest BCUT2D eigenvalue weighted by atomic mass is 10.2. The molecule has 2 rings (SSSR count). The maximum atomic E-state index is 13.7. The zero-order valence-corrected chi connectivity index (χ0v) is 12.8. The highest BCUT2D eigenvalue weighted by Gasteiger charge is 2.23. The summed E-state index contributed by atoms with van der Waals surface area (Å²) in [5, 5.41) is 4.99. The minimum atomic E-state index is -4.05. The van der Waals surface area contributed by atoms with Crippen LogP contribution in [0, 0.1) is 11.7 Å². The molecule has 1 aromatic carbocycles. The van der Waals surface area contributed by atoms with Gasteiger partial charge in [-0.2, -0.15) is 0 Å². The molecular weight excluding hydrogens is 353 g/mol. The lowest BCUT2D eigenvalue weighted by molar-refractivity contribution is 0.0489. The Morgan fingerprint density at radius 1 is 1.45 bits per heavy atom. The number of esters is 1. The van der Waals surface area contributed by atoms with Crippen molar-refractivity contribution in [3.63, 3.8) is 0 Å². The highest BCUT2D eigenvalue weighted by Crippen LogP contribution is 2.32. The standard InChI is InChI=1S/C12H13BrFNO4S/c13-9-6-10(14)8(5-11(9)20(15,17)18)12(16)19-4-3-7-1-2-7/h5-7H,1-4H2,(H2,15,17,18). The van der Waals surface area contributed by atoms with E-state index in [0.717, 1.165) is 31.4 Å². The predicted octanol–water partition coefficient (Wildman–Crippen LogP) is 2.19. The first-order valence-corrected chi connectivity index (χ1v) is 8.32. The number of benzene rings is 1. The third kappa shape index (κ3) is 3.77. The van der Waals surface area contributed by atoms with Crippen LogP contribution in [0.5, 0.6) is 0 Å². The normalized spacial score (nSPS) is 15.2. The Kier molecular flexibility index (Phi) is 4.46. The van der Waals surface area contributed by atoms with Crippen LogP contribution in [0.1, 0.15) is 29.6 Å². The van der Waals surface area contributed by atoms with Crippen LogP contribution in [-0.4, -0.2) is 21.0 Å². The number of primary sulfonamides is 1. The Morgan fingerprint density at radius 3 is 2.65 bits per heavy atom. The maximum Gasteiger partial charge on any atom is 0.341 e. The molecule has 0 spiro atoms. The van der Waals surface area contributed by atoms with E-state index in [1.54, 1.807) is 0 Å². The maximum absolute atomic E-state index is 13.7. The largest absolute Gasteiger partial charge is 0.462 e. The molecule has 20 heavy (non-hydrogen) atoms. The molecule has 0 radical (unpaired) electrons. The fraction of sp³-hybridized carbons (Fsp3) is 0.417. The molecule has 0 unspecified atom stereocenters. The number of halogens is 2. The molecule has 8 heteroatoms. The molecule has 0 heterocycles. The van der Waals surface area contributed by atoms with Gasteiger partial charge in [-0.15, -0.1) is 0 Å². The minimum absolute atomic E-state index is 0.0352. The van der Waals surface area contributed by atoms with Gasteiger partial charge in [0.15, 0.2) is 0 Å². The fourth-order valence-electron chi connectivity index (χ4n) is 1.71. The van der Waals surface area contributed by atoms with Crippen molar-refractivity contribution in [3.8, 4) is 0 Å². The van der Waals surface area contributed by atoms with Gasteiger partial charge in [0.25, 0.3) is 0 Å². The molecular formula is C12H13BrFNO4S. The van der Waals surface area contributed by atoms with Crippen molar-refractivity contribution in [2.75, 3.05) is 6.61 Å². The van der Waals surface area contributed by atoms with Crippen LogP contribution in [0.3, 0.4) is 0 Å². The number of ether oxygens (including phenoxy) is 1. The Labute approximate surface area is 124 Å². The van der Waals surface area contributed by atoms with Crippen LogP contribution in [0.4, 0.5) is 4.39 Å². The van der Waals surface area contributed by atoms with E-state index in [1.165, 1.54) is 0 Å². The highest BCUT2D eigenvalue weighted by atomic mass is 79.9. The number of sulfonamides is 1. The Hall–Kier alpha value is -0.990. The van der Waals surface area contributed by atoms with Gasteiger partial charge in [0.05, 0.1) is 17.1 Å². The van der Waals surface area contributed by atoms with Crippen LogP contribution < -0.4 is 5.14 Å². The summed E-state index contributed by atoms with van der Waals surface area (Å²) in [6.45, 7) is 0.198. The molecule has 0 saturated heterocycles. The zero-order valence-electron chi connectivity index (χ0n) is 10.4. The molecule has 0 aromatic heterocycles. The van der Waals surface area contributed by atoms with Gasteiger partial charge < -0.3 is 4.74 Å². The smallest absolute Gasteiger partial charge is 0.341 e. The van der Waals surface area contributed by atoms with Gasteiger partial charge in [0.1, 0.15) is 5.82 Å². The lowest BCUT2D eigenvalue weighted by Crippen LogP contribution is -2.16. The van der Waals surface area contributed by atoms with Crippen LogP contribution in [0.2, 0.25) is 0 Å². The first kappa shape index (κ1) is 15.4. The summed E-state index contributed by atoms with van der Waals surface area (Å²) in [5.74, 6) is -1.17. The Balaban J connectivity index is 2.19. The summed E-state index contributed by atoms with van der Waals surface area (Å²) in [6, 6.07) is 1.77. The molecule has 0 aliphatic heterocycles. The fourth-order valence-corrected chi connectivity index (χ4v) is 3.31. The van der Waals surface area contributed by atoms with Crippen molar-refractivity contribution in [2.24, 2.45) is 11.1 Å². The predicted molar refractivity (Wildman–Crippen MR) is 73.1 cm³/mol. The van der Waals surface area contributed by atoms with Crippen LogP contribution in [-0.2, 0) is 14.8 Å². The molecule has 0 amide bonds. The Bertz CT molecular complexity index is 643. The van der Waals surface area contributed by atoms with E-state index in [0.29, 0.717) is 5.92 Å². The summed E-state index contributed by atoms with van der Waals surface area (Å²) in [6.07, 6.45) is 2.99. The van der Waals surface area contributed by atoms with Crippen LogP contribution >= 0.6 is 15.9 Å². The lowest BCUT2D eigenvalue weighted by Gasteiger charge is -2.08. The number of rotatable bonds is 5. The number of carbonyl (C=O) groups excluding carboxylic acids is 1. The average molecular weight is 366 g/mol. The number of carbonyl (C=O) groups is 1. The third-order valence-electron chi connectivity index (χ3n) is 3.00. The molecule has 1 aliphatic rings. The quantitative estimate of drug-likeness (QED) is 0.810. The first-order chi connectivity index (χ1) is 9.29. The van der Waals surface area contributed by atoms with Crippen molar-refractivity contribution in [1.82, 2.24) is 0 Å². The van der Waals surface area contributed by atoms with Gasteiger partial charge in [0, 0.05) is 4.47 Å². The summed E-state index contributed by atoms with van der Waals surface area (Å²) in [7, 11) is -4.05. The zero-order chi connectivity index (χ0) is 14.9.